The first-order valence-electron chi connectivity index (χ1n) is 7.43. The Morgan fingerprint density at radius 1 is 1.10 bits per heavy atom. The van der Waals surface area contributed by atoms with Crippen LogP contribution in [0.25, 0.3) is 0 Å². The van der Waals surface area contributed by atoms with E-state index in [9.17, 15) is 0 Å². The highest BCUT2D eigenvalue weighted by Gasteiger charge is 2.07. The predicted molar refractivity (Wildman–Crippen MR) is 87.1 cm³/mol. The minimum atomic E-state index is 0.291. The number of rotatable bonds is 5. The van der Waals surface area contributed by atoms with E-state index in [2.05, 4.69) is 50.1 Å². The van der Waals surface area contributed by atoms with Gasteiger partial charge in [-0.05, 0) is 55.6 Å². The van der Waals surface area contributed by atoms with Crippen molar-refractivity contribution in [1.82, 2.24) is 10.3 Å². The van der Waals surface area contributed by atoms with E-state index in [1.807, 2.05) is 31.4 Å². The molecule has 2 rings (SSSR count). The summed E-state index contributed by atoms with van der Waals surface area (Å²) in [7, 11) is 1.94. The van der Waals surface area contributed by atoms with Crippen molar-refractivity contribution in [2.75, 3.05) is 7.05 Å². The molecule has 1 aromatic heterocycles. The van der Waals surface area contributed by atoms with Gasteiger partial charge in [0.25, 0.3) is 0 Å². The van der Waals surface area contributed by atoms with Crippen LogP contribution in [0.4, 0.5) is 0 Å². The van der Waals surface area contributed by atoms with Crippen molar-refractivity contribution in [2.45, 2.75) is 39.7 Å². The number of aryl methyl sites for hydroxylation is 1. The molecule has 0 bridgehead atoms. The van der Waals surface area contributed by atoms with Gasteiger partial charge in [0.05, 0.1) is 0 Å². The van der Waals surface area contributed by atoms with Crippen molar-refractivity contribution in [3.8, 4) is 11.6 Å². The van der Waals surface area contributed by atoms with Crippen molar-refractivity contribution in [2.24, 2.45) is 0 Å². The van der Waals surface area contributed by atoms with E-state index in [4.69, 9.17) is 4.74 Å². The molecular formula is C18H24N2O. The average molecular weight is 284 g/mol. The second-order valence-electron chi connectivity index (χ2n) is 5.72. The normalized spacial score (nSPS) is 12.5. The zero-order valence-corrected chi connectivity index (χ0v) is 13.5. The van der Waals surface area contributed by atoms with Crippen LogP contribution in [-0.4, -0.2) is 12.0 Å². The van der Waals surface area contributed by atoms with Gasteiger partial charge in [-0.15, -0.1) is 0 Å². The zero-order chi connectivity index (χ0) is 15.4. The van der Waals surface area contributed by atoms with E-state index >= 15 is 0 Å². The number of nitrogens with zero attached hydrogens (tertiary/aromatic N) is 1. The predicted octanol–water partition coefficient (Wildman–Crippen LogP) is 4.59. The monoisotopic (exact) mass is 284 g/mol. The summed E-state index contributed by atoms with van der Waals surface area (Å²) in [6, 6.07) is 10.5. The van der Waals surface area contributed by atoms with Crippen LogP contribution in [0.1, 0.15) is 49.4 Å². The SMILES string of the molecule is CNC(C)c1ccc(Oc2ccc(C(C)C)c(C)c2)nc1. The van der Waals surface area contributed by atoms with E-state index in [1.54, 1.807) is 0 Å². The number of aromatic nitrogens is 1. The van der Waals surface area contributed by atoms with Crippen LogP contribution in [0.3, 0.4) is 0 Å². The highest BCUT2D eigenvalue weighted by Crippen LogP contribution is 2.26. The van der Waals surface area contributed by atoms with Gasteiger partial charge in [-0.1, -0.05) is 26.0 Å². The molecule has 3 heteroatoms. The van der Waals surface area contributed by atoms with Gasteiger partial charge in [0.15, 0.2) is 0 Å². The third-order valence-electron chi connectivity index (χ3n) is 3.78. The lowest BCUT2D eigenvalue weighted by molar-refractivity contribution is 0.461. The molecule has 0 aliphatic rings. The molecule has 0 aliphatic carbocycles. The number of hydrogen-bond donors (Lipinski definition) is 1. The van der Waals surface area contributed by atoms with E-state index in [0.29, 0.717) is 17.8 Å². The largest absolute Gasteiger partial charge is 0.439 e. The summed E-state index contributed by atoms with van der Waals surface area (Å²) in [5.74, 6) is 1.98. The maximum Gasteiger partial charge on any atom is 0.219 e. The van der Waals surface area contributed by atoms with Crippen LogP contribution < -0.4 is 10.1 Å². The molecule has 0 spiro atoms. The van der Waals surface area contributed by atoms with Gasteiger partial charge in [0.2, 0.25) is 5.88 Å². The average Bonchev–Trinajstić information content (AvgIpc) is 2.47. The Balaban J connectivity index is 2.13. The highest BCUT2D eigenvalue weighted by atomic mass is 16.5. The molecule has 1 heterocycles. The van der Waals surface area contributed by atoms with Crippen LogP contribution in [0.15, 0.2) is 36.5 Å². The summed E-state index contributed by atoms with van der Waals surface area (Å²) < 4.78 is 5.83. The summed E-state index contributed by atoms with van der Waals surface area (Å²) in [4.78, 5) is 4.37. The van der Waals surface area contributed by atoms with Crippen molar-refractivity contribution >= 4 is 0 Å². The topological polar surface area (TPSA) is 34.1 Å². The first kappa shape index (κ1) is 15.5. The smallest absolute Gasteiger partial charge is 0.219 e. The Morgan fingerprint density at radius 2 is 1.86 bits per heavy atom. The summed E-state index contributed by atoms with van der Waals surface area (Å²) in [5.41, 5.74) is 3.76. The Labute approximate surface area is 127 Å². The first-order valence-corrected chi connectivity index (χ1v) is 7.43. The number of ether oxygens (including phenoxy) is 1. The Kier molecular flexibility index (Phi) is 4.97. The van der Waals surface area contributed by atoms with Crippen molar-refractivity contribution in [3.05, 3.63) is 53.2 Å². The molecule has 1 N–H and O–H groups in total. The maximum absolute atomic E-state index is 5.83. The third-order valence-corrected chi connectivity index (χ3v) is 3.78. The molecule has 1 aromatic carbocycles. The quantitative estimate of drug-likeness (QED) is 0.872. The molecule has 0 aliphatic heterocycles. The lowest BCUT2D eigenvalue weighted by Crippen LogP contribution is -2.12. The number of pyridine rings is 1. The third kappa shape index (κ3) is 3.82. The van der Waals surface area contributed by atoms with Gasteiger partial charge in [0, 0.05) is 18.3 Å². The lowest BCUT2D eigenvalue weighted by Gasteiger charge is -2.13. The molecule has 112 valence electrons. The second-order valence-corrected chi connectivity index (χ2v) is 5.72. The van der Waals surface area contributed by atoms with Crippen LogP contribution in [-0.2, 0) is 0 Å². The van der Waals surface area contributed by atoms with Crippen LogP contribution in [0.5, 0.6) is 11.6 Å². The fourth-order valence-electron chi connectivity index (χ4n) is 2.36. The number of nitrogens with one attached hydrogen (secondary N) is 1. The summed E-state index contributed by atoms with van der Waals surface area (Å²) >= 11 is 0. The minimum absolute atomic E-state index is 0.291. The Morgan fingerprint density at radius 3 is 2.38 bits per heavy atom. The maximum atomic E-state index is 5.83. The molecular weight excluding hydrogens is 260 g/mol. The molecule has 3 nitrogen and oxygen atoms in total. The molecule has 0 amide bonds. The van der Waals surface area contributed by atoms with Gasteiger partial charge in [-0.25, -0.2) is 4.98 Å². The summed E-state index contributed by atoms with van der Waals surface area (Å²) in [6.07, 6.45) is 1.85. The van der Waals surface area contributed by atoms with Crippen molar-refractivity contribution in [3.63, 3.8) is 0 Å². The lowest BCUT2D eigenvalue weighted by atomic mass is 9.98. The molecule has 0 saturated heterocycles. The second kappa shape index (κ2) is 6.72. The van der Waals surface area contributed by atoms with E-state index in [1.165, 1.54) is 11.1 Å². The molecule has 2 aromatic rings. The van der Waals surface area contributed by atoms with Crippen molar-refractivity contribution in [1.29, 1.82) is 0 Å². The van der Waals surface area contributed by atoms with E-state index in [0.717, 1.165) is 11.3 Å². The van der Waals surface area contributed by atoms with Crippen LogP contribution >= 0.6 is 0 Å². The molecule has 1 atom stereocenters. The molecule has 0 saturated carbocycles. The summed E-state index contributed by atoms with van der Waals surface area (Å²) in [5, 5.41) is 3.19. The first-order chi connectivity index (χ1) is 10.0. The Hall–Kier alpha value is -1.87. The van der Waals surface area contributed by atoms with E-state index < -0.39 is 0 Å². The fraction of sp³-hybridized carbons (Fsp3) is 0.389. The van der Waals surface area contributed by atoms with Crippen molar-refractivity contribution < 1.29 is 4.74 Å². The number of hydrogen-bond acceptors (Lipinski definition) is 3. The molecule has 0 radical (unpaired) electrons. The van der Waals surface area contributed by atoms with Gasteiger partial charge in [0.1, 0.15) is 5.75 Å². The molecule has 1 unspecified atom stereocenters. The Bertz CT molecular complexity index is 591. The van der Waals surface area contributed by atoms with Gasteiger partial charge >= 0.3 is 0 Å². The van der Waals surface area contributed by atoms with Gasteiger partial charge in [-0.2, -0.15) is 0 Å². The van der Waals surface area contributed by atoms with E-state index in [-0.39, 0.29) is 0 Å². The zero-order valence-electron chi connectivity index (χ0n) is 13.5. The van der Waals surface area contributed by atoms with Crippen LogP contribution in [0, 0.1) is 6.92 Å². The number of benzene rings is 1. The standard InChI is InChI=1S/C18H24N2O/c1-12(2)17-8-7-16(10-13(17)3)21-18-9-6-15(11-20-18)14(4)19-5/h6-12,14,19H,1-5H3. The summed E-state index contributed by atoms with van der Waals surface area (Å²) in [6.45, 7) is 8.62. The van der Waals surface area contributed by atoms with Crippen LogP contribution in [0.2, 0.25) is 0 Å². The van der Waals surface area contributed by atoms with Gasteiger partial charge in [-0.3, -0.25) is 0 Å². The molecule has 21 heavy (non-hydrogen) atoms. The highest BCUT2D eigenvalue weighted by molar-refractivity contribution is 5.38. The minimum Gasteiger partial charge on any atom is -0.439 e. The van der Waals surface area contributed by atoms with Gasteiger partial charge < -0.3 is 10.1 Å². The fourth-order valence-corrected chi connectivity index (χ4v) is 2.36. The molecule has 0 fully saturated rings.